The summed E-state index contributed by atoms with van der Waals surface area (Å²) in [5, 5.41) is 0. The number of hydrogen-bond donors (Lipinski definition) is 0. The van der Waals surface area contributed by atoms with Crippen LogP contribution in [0.4, 0.5) is 0 Å². The second-order valence-corrected chi connectivity index (χ2v) is 18.1. The molecular formula is C62H102O6. The van der Waals surface area contributed by atoms with E-state index in [4.69, 9.17) is 14.2 Å². The standard InChI is InChI=1S/C62H102O6/c1-4-7-10-13-16-19-22-24-25-26-27-28-29-30-31-32-33-34-35-36-37-39-40-43-46-49-52-55-61(64)67-58-59(57-66-60(63)54-51-48-45-42-21-18-15-12-9-6-3)68-62(65)56-53-50-47-44-41-38-23-20-17-14-11-8-5-2/h7-8,10-12,15-17,19-20,24-25,27-28,30-31,38,41,59H,4-6,9,13-14,18,21-23,26,29,32-37,39-40,42-58H2,1-3H3/b10-7-,11-8-,15-12-,19-16-,20-17-,25-24-,28-27-,31-30-,41-38-. The third-order valence-electron chi connectivity index (χ3n) is 11.5. The third-order valence-corrected chi connectivity index (χ3v) is 11.5. The summed E-state index contributed by atoms with van der Waals surface area (Å²) < 4.78 is 16.8. The molecule has 0 amide bonds. The van der Waals surface area contributed by atoms with Crippen molar-refractivity contribution in [2.45, 2.75) is 252 Å². The second kappa shape index (κ2) is 55.7. The van der Waals surface area contributed by atoms with Crippen molar-refractivity contribution >= 4 is 17.9 Å². The van der Waals surface area contributed by atoms with Crippen LogP contribution in [0.5, 0.6) is 0 Å². The highest BCUT2D eigenvalue weighted by atomic mass is 16.6. The predicted octanol–water partition coefficient (Wildman–Crippen LogP) is 18.7. The van der Waals surface area contributed by atoms with Crippen LogP contribution >= 0.6 is 0 Å². The van der Waals surface area contributed by atoms with E-state index in [0.29, 0.717) is 12.8 Å². The minimum absolute atomic E-state index is 0.0952. The minimum atomic E-state index is -0.798. The Labute approximate surface area is 419 Å². The summed E-state index contributed by atoms with van der Waals surface area (Å²) in [6.07, 6.45) is 75.2. The zero-order valence-electron chi connectivity index (χ0n) is 44.1. The maximum absolute atomic E-state index is 12.8. The van der Waals surface area contributed by atoms with Gasteiger partial charge in [0.05, 0.1) is 0 Å². The molecule has 0 heterocycles. The molecule has 6 heteroatoms. The monoisotopic (exact) mass is 943 g/mol. The van der Waals surface area contributed by atoms with Gasteiger partial charge in [0.25, 0.3) is 0 Å². The summed E-state index contributed by atoms with van der Waals surface area (Å²) in [5.41, 5.74) is 0. The highest BCUT2D eigenvalue weighted by Gasteiger charge is 2.19. The Balaban J connectivity index is 4.24. The number of allylic oxidation sites excluding steroid dienone is 18. The van der Waals surface area contributed by atoms with E-state index in [2.05, 4.69) is 130 Å². The van der Waals surface area contributed by atoms with Crippen molar-refractivity contribution in [1.29, 1.82) is 0 Å². The zero-order chi connectivity index (χ0) is 49.3. The van der Waals surface area contributed by atoms with Gasteiger partial charge in [-0.3, -0.25) is 14.4 Å². The van der Waals surface area contributed by atoms with E-state index in [1.165, 1.54) is 70.6 Å². The largest absolute Gasteiger partial charge is 0.462 e. The lowest BCUT2D eigenvalue weighted by atomic mass is 10.0. The Hall–Kier alpha value is -3.93. The lowest BCUT2D eigenvalue weighted by molar-refractivity contribution is -0.167. The van der Waals surface area contributed by atoms with Crippen molar-refractivity contribution in [1.82, 2.24) is 0 Å². The summed E-state index contributed by atoms with van der Waals surface area (Å²) in [5.74, 6) is -0.942. The predicted molar refractivity (Wildman–Crippen MR) is 293 cm³/mol. The van der Waals surface area contributed by atoms with Gasteiger partial charge < -0.3 is 14.2 Å². The second-order valence-electron chi connectivity index (χ2n) is 18.1. The van der Waals surface area contributed by atoms with Crippen molar-refractivity contribution in [2.75, 3.05) is 13.2 Å². The van der Waals surface area contributed by atoms with Crippen LogP contribution < -0.4 is 0 Å². The molecule has 1 unspecified atom stereocenters. The molecule has 0 aliphatic heterocycles. The number of unbranched alkanes of at least 4 members (excludes halogenated alkanes) is 20. The molecule has 0 aliphatic rings. The zero-order valence-corrected chi connectivity index (χ0v) is 44.1. The first-order valence-corrected chi connectivity index (χ1v) is 27.9. The van der Waals surface area contributed by atoms with Gasteiger partial charge in [-0.05, 0) is 116 Å². The average molecular weight is 943 g/mol. The number of hydrogen-bond acceptors (Lipinski definition) is 6. The van der Waals surface area contributed by atoms with Gasteiger partial charge >= 0.3 is 17.9 Å². The van der Waals surface area contributed by atoms with Gasteiger partial charge in [0.1, 0.15) is 13.2 Å². The van der Waals surface area contributed by atoms with Gasteiger partial charge in [-0.1, -0.05) is 220 Å². The quantitative estimate of drug-likeness (QED) is 0.0262. The smallest absolute Gasteiger partial charge is 0.306 e. The van der Waals surface area contributed by atoms with E-state index >= 15 is 0 Å². The third kappa shape index (κ3) is 53.0. The fourth-order valence-corrected chi connectivity index (χ4v) is 7.37. The normalized spacial score (nSPS) is 12.9. The first-order chi connectivity index (χ1) is 33.5. The van der Waals surface area contributed by atoms with E-state index in [-0.39, 0.29) is 37.5 Å². The molecule has 68 heavy (non-hydrogen) atoms. The van der Waals surface area contributed by atoms with Crippen LogP contribution in [0.25, 0.3) is 0 Å². The van der Waals surface area contributed by atoms with E-state index in [0.717, 1.165) is 135 Å². The highest BCUT2D eigenvalue weighted by molar-refractivity contribution is 5.71. The summed E-state index contributed by atoms with van der Waals surface area (Å²) >= 11 is 0. The number of carbonyl (C=O) groups excluding carboxylic acids is 3. The number of esters is 3. The van der Waals surface area contributed by atoms with Crippen molar-refractivity contribution in [3.8, 4) is 0 Å². The van der Waals surface area contributed by atoms with Crippen LogP contribution in [0.15, 0.2) is 109 Å². The molecule has 0 bridgehead atoms. The first-order valence-electron chi connectivity index (χ1n) is 27.9. The molecule has 0 saturated carbocycles. The molecule has 0 saturated heterocycles. The van der Waals surface area contributed by atoms with E-state index < -0.39 is 6.10 Å². The first kappa shape index (κ1) is 64.1. The molecule has 0 aromatic rings. The molecule has 0 aliphatic carbocycles. The molecule has 1 atom stereocenters. The van der Waals surface area contributed by atoms with Crippen LogP contribution in [-0.4, -0.2) is 37.2 Å². The van der Waals surface area contributed by atoms with E-state index in [1.54, 1.807) is 0 Å². The lowest BCUT2D eigenvalue weighted by Gasteiger charge is -2.18. The highest BCUT2D eigenvalue weighted by Crippen LogP contribution is 2.15. The van der Waals surface area contributed by atoms with Gasteiger partial charge in [0.15, 0.2) is 6.10 Å². The van der Waals surface area contributed by atoms with Crippen molar-refractivity contribution in [3.63, 3.8) is 0 Å². The van der Waals surface area contributed by atoms with Crippen molar-refractivity contribution < 1.29 is 28.6 Å². The van der Waals surface area contributed by atoms with Gasteiger partial charge in [0, 0.05) is 19.3 Å². The van der Waals surface area contributed by atoms with E-state index in [9.17, 15) is 14.4 Å². The fraction of sp³-hybridized carbons (Fsp3) is 0.661. The van der Waals surface area contributed by atoms with Gasteiger partial charge in [-0.25, -0.2) is 0 Å². The molecule has 6 nitrogen and oxygen atoms in total. The molecule has 0 aromatic heterocycles. The average Bonchev–Trinajstić information content (AvgIpc) is 3.34. The molecule has 386 valence electrons. The lowest BCUT2D eigenvalue weighted by Crippen LogP contribution is -2.30. The molecule has 0 N–H and O–H groups in total. The fourth-order valence-electron chi connectivity index (χ4n) is 7.37. The van der Waals surface area contributed by atoms with Crippen LogP contribution in [0.1, 0.15) is 245 Å². The summed E-state index contributed by atoms with van der Waals surface area (Å²) in [6, 6.07) is 0. The summed E-state index contributed by atoms with van der Waals surface area (Å²) in [7, 11) is 0. The summed E-state index contributed by atoms with van der Waals surface area (Å²) in [4.78, 5) is 38.0. The topological polar surface area (TPSA) is 78.9 Å². The maximum Gasteiger partial charge on any atom is 0.306 e. The molecule has 0 aromatic carbocycles. The molecule has 0 fully saturated rings. The number of carbonyl (C=O) groups is 3. The Morgan fingerprint density at radius 2 is 0.574 bits per heavy atom. The molecule has 0 spiro atoms. The van der Waals surface area contributed by atoms with E-state index in [1.807, 2.05) is 0 Å². The molecule has 0 rings (SSSR count). The van der Waals surface area contributed by atoms with Crippen LogP contribution in [0.3, 0.4) is 0 Å². The van der Waals surface area contributed by atoms with Gasteiger partial charge in [0.2, 0.25) is 0 Å². The van der Waals surface area contributed by atoms with Crippen LogP contribution in [0.2, 0.25) is 0 Å². The SMILES string of the molecule is CC/C=C\C/C=C\C/C=C\C/C=C\C/C=C\CCCCCCCCCCCCCC(=O)OCC(COC(=O)CCCCCCC/C=C\CCC)OC(=O)CCCCC/C=C\C/C=C\C/C=C\CC. The van der Waals surface area contributed by atoms with Crippen molar-refractivity contribution in [3.05, 3.63) is 109 Å². The maximum atomic E-state index is 12.8. The van der Waals surface area contributed by atoms with Gasteiger partial charge in [-0.15, -0.1) is 0 Å². The van der Waals surface area contributed by atoms with Crippen LogP contribution in [0, 0.1) is 0 Å². The van der Waals surface area contributed by atoms with Crippen LogP contribution in [-0.2, 0) is 28.6 Å². The van der Waals surface area contributed by atoms with Crippen molar-refractivity contribution in [2.24, 2.45) is 0 Å². The molecular weight excluding hydrogens is 841 g/mol. The Morgan fingerprint density at radius 3 is 0.926 bits per heavy atom. The Morgan fingerprint density at radius 1 is 0.309 bits per heavy atom. The molecule has 0 radical (unpaired) electrons. The number of ether oxygens (including phenoxy) is 3. The summed E-state index contributed by atoms with van der Waals surface area (Å²) in [6.45, 7) is 6.31. The number of rotatable bonds is 49. The Kier molecular flexibility index (Phi) is 52.4. The van der Waals surface area contributed by atoms with Gasteiger partial charge in [-0.2, -0.15) is 0 Å². The Bertz CT molecular complexity index is 1410. The minimum Gasteiger partial charge on any atom is -0.462 e.